The van der Waals surface area contributed by atoms with Crippen molar-refractivity contribution in [2.75, 3.05) is 0 Å². The van der Waals surface area contributed by atoms with Crippen LogP contribution < -0.4 is 0 Å². The van der Waals surface area contributed by atoms with Crippen LogP contribution in [0.25, 0.3) is 5.57 Å². The molecule has 16 heavy (non-hydrogen) atoms. The molecular weight excluding hydrogens is 200 g/mol. The number of carbonyl (C=O) groups is 2. The van der Waals surface area contributed by atoms with Gasteiger partial charge in [0.05, 0.1) is 0 Å². The second kappa shape index (κ2) is 4.44. The van der Waals surface area contributed by atoms with Crippen molar-refractivity contribution in [3.05, 3.63) is 42.5 Å². The molecule has 0 unspecified atom stereocenters. The highest BCUT2D eigenvalue weighted by molar-refractivity contribution is 6.13. The Hall–Kier alpha value is -1.70. The molecule has 0 radical (unpaired) electrons. The maximum atomic E-state index is 11.7. The lowest BCUT2D eigenvalue weighted by atomic mass is 9.80. The summed E-state index contributed by atoms with van der Waals surface area (Å²) in [7, 11) is 0. The monoisotopic (exact) mass is 214 g/mol. The first kappa shape index (κ1) is 10.8. The molecule has 1 saturated carbocycles. The van der Waals surface area contributed by atoms with Crippen molar-refractivity contribution in [3.8, 4) is 0 Å². The highest BCUT2D eigenvalue weighted by Crippen LogP contribution is 2.29. The molecule has 1 aromatic carbocycles. The highest BCUT2D eigenvalue weighted by Gasteiger charge is 2.32. The van der Waals surface area contributed by atoms with Gasteiger partial charge in [-0.05, 0) is 17.6 Å². The topological polar surface area (TPSA) is 34.1 Å². The Morgan fingerprint density at radius 2 is 1.62 bits per heavy atom. The molecule has 0 amide bonds. The first-order valence-corrected chi connectivity index (χ1v) is 5.50. The van der Waals surface area contributed by atoms with Crippen LogP contribution in [0.4, 0.5) is 0 Å². The van der Waals surface area contributed by atoms with E-state index in [2.05, 4.69) is 6.58 Å². The predicted molar refractivity (Wildman–Crippen MR) is 62.8 cm³/mol. The summed E-state index contributed by atoms with van der Waals surface area (Å²) >= 11 is 0. The summed E-state index contributed by atoms with van der Waals surface area (Å²) in [6.45, 7) is 3.91. The summed E-state index contributed by atoms with van der Waals surface area (Å²) in [4.78, 5) is 23.5. The second-order valence-electron chi connectivity index (χ2n) is 4.11. The standard InChI is InChI=1S/C14H14O2/c1-10(11-6-3-2-4-7-11)14-12(15)8-5-9-13(14)16/h2-4,6-7,14H,1,5,8-9H2. The fraction of sp³-hybridized carbons (Fsp3) is 0.286. The molecule has 0 atom stereocenters. The average molecular weight is 214 g/mol. The number of benzene rings is 1. The van der Waals surface area contributed by atoms with E-state index in [1.807, 2.05) is 30.3 Å². The number of carbonyl (C=O) groups excluding carboxylic acids is 2. The molecule has 0 spiro atoms. The van der Waals surface area contributed by atoms with E-state index in [9.17, 15) is 9.59 Å². The van der Waals surface area contributed by atoms with Crippen LogP contribution in [0.2, 0.25) is 0 Å². The van der Waals surface area contributed by atoms with E-state index < -0.39 is 5.92 Å². The third-order valence-corrected chi connectivity index (χ3v) is 2.98. The van der Waals surface area contributed by atoms with Crippen LogP contribution in [0.3, 0.4) is 0 Å². The van der Waals surface area contributed by atoms with Crippen LogP contribution in [0.15, 0.2) is 36.9 Å². The van der Waals surface area contributed by atoms with Gasteiger partial charge in [-0.25, -0.2) is 0 Å². The lowest BCUT2D eigenvalue weighted by Crippen LogP contribution is -2.29. The SMILES string of the molecule is C=C(c1ccccc1)C1C(=O)CCCC1=O. The Balaban J connectivity index is 2.27. The van der Waals surface area contributed by atoms with Crippen molar-refractivity contribution in [1.82, 2.24) is 0 Å². The Morgan fingerprint density at radius 1 is 1.06 bits per heavy atom. The highest BCUT2D eigenvalue weighted by atomic mass is 16.2. The Morgan fingerprint density at radius 3 is 2.19 bits per heavy atom. The molecule has 0 aromatic heterocycles. The summed E-state index contributed by atoms with van der Waals surface area (Å²) in [6, 6.07) is 9.45. The summed E-state index contributed by atoms with van der Waals surface area (Å²) < 4.78 is 0. The molecule has 2 rings (SSSR count). The van der Waals surface area contributed by atoms with Gasteiger partial charge in [0.15, 0.2) is 0 Å². The fourth-order valence-electron chi connectivity index (χ4n) is 2.11. The van der Waals surface area contributed by atoms with Crippen LogP contribution in [0.1, 0.15) is 24.8 Å². The molecule has 0 bridgehead atoms. The van der Waals surface area contributed by atoms with E-state index in [4.69, 9.17) is 0 Å². The van der Waals surface area contributed by atoms with Crippen molar-refractivity contribution in [2.45, 2.75) is 19.3 Å². The van der Waals surface area contributed by atoms with Gasteiger partial charge in [-0.2, -0.15) is 0 Å². The van der Waals surface area contributed by atoms with E-state index in [0.29, 0.717) is 24.8 Å². The van der Waals surface area contributed by atoms with Gasteiger partial charge in [0.1, 0.15) is 17.5 Å². The van der Waals surface area contributed by atoms with E-state index >= 15 is 0 Å². The van der Waals surface area contributed by atoms with Gasteiger partial charge < -0.3 is 0 Å². The Kier molecular flexibility index (Phi) is 3.00. The minimum absolute atomic E-state index is 0.0186. The summed E-state index contributed by atoms with van der Waals surface area (Å²) in [5.41, 5.74) is 1.53. The third-order valence-electron chi connectivity index (χ3n) is 2.98. The number of allylic oxidation sites excluding steroid dienone is 1. The Labute approximate surface area is 95.0 Å². The molecule has 82 valence electrons. The molecule has 2 heteroatoms. The predicted octanol–water partition coefficient (Wildman–Crippen LogP) is 2.64. The molecular formula is C14H14O2. The third kappa shape index (κ3) is 1.96. The van der Waals surface area contributed by atoms with E-state index in [1.54, 1.807) is 0 Å². The van der Waals surface area contributed by atoms with Crippen LogP contribution in [0.5, 0.6) is 0 Å². The van der Waals surface area contributed by atoms with Crippen molar-refractivity contribution in [3.63, 3.8) is 0 Å². The molecule has 0 heterocycles. The van der Waals surface area contributed by atoms with Gasteiger partial charge in [0.2, 0.25) is 0 Å². The van der Waals surface area contributed by atoms with Gasteiger partial charge in [0.25, 0.3) is 0 Å². The summed E-state index contributed by atoms with van der Waals surface area (Å²) in [5.74, 6) is -0.564. The van der Waals surface area contributed by atoms with Crippen molar-refractivity contribution >= 4 is 17.1 Å². The Bertz CT molecular complexity index is 415. The maximum Gasteiger partial charge on any atom is 0.147 e. The van der Waals surface area contributed by atoms with Gasteiger partial charge in [-0.1, -0.05) is 36.9 Å². The van der Waals surface area contributed by atoms with E-state index in [-0.39, 0.29) is 11.6 Å². The van der Waals surface area contributed by atoms with Crippen molar-refractivity contribution in [2.24, 2.45) is 5.92 Å². The quantitative estimate of drug-likeness (QED) is 0.709. The lowest BCUT2D eigenvalue weighted by molar-refractivity contribution is -0.132. The van der Waals surface area contributed by atoms with Crippen LogP contribution in [0, 0.1) is 5.92 Å². The van der Waals surface area contributed by atoms with Crippen LogP contribution in [-0.4, -0.2) is 11.6 Å². The molecule has 0 N–H and O–H groups in total. The zero-order valence-electron chi connectivity index (χ0n) is 9.11. The zero-order valence-corrected chi connectivity index (χ0v) is 9.11. The number of rotatable bonds is 2. The molecule has 0 saturated heterocycles. The molecule has 1 fully saturated rings. The summed E-state index contributed by atoms with van der Waals surface area (Å²) in [5, 5.41) is 0. The fourth-order valence-corrected chi connectivity index (χ4v) is 2.11. The molecule has 2 nitrogen and oxygen atoms in total. The number of hydrogen-bond donors (Lipinski definition) is 0. The van der Waals surface area contributed by atoms with Crippen LogP contribution >= 0.6 is 0 Å². The van der Waals surface area contributed by atoms with Gasteiger partial charge >= 0.3 is 0 Å². The minimum Gasteiger partial charge on any atom is -0.299 e. The van der Waals surface area contributed by atoms with Crippen LogP contribution in [-0.2, 0) is 9.59 Å². The second-order valence-corrected chi connectivity index (χ2v) is 4.11. The average Bonchev–Trinajstić information content (AvgIpc) is 2.30. The van der Waals surface area contributed by atoms with Gasteiger partial charge in [0, 0.05) is 12.8 Å². The lowest BCUT2D eigenvalue weighted by Gasteiger charge is -2.21. The van der Waals surface area contributed by atoms with E-state index in [0.717, 1.165) is 5.56 Å². The molecule has 0 aliphatic heterocycles. The maximum absolute atomic E-state index is 11.7. The van der Waals surface area contributed by atoms with Crippen molar-refractivity contribution < 1.29 is 9.59 Å². The largest absolute Gasteiger partial charge is 0.299 e. The molecule has 1 aliphatic rings. The summed E-state index contributed by atoms with van der Waals surface area (Å²) in [6.07, 6.45) is 1.70. The van der Waals surface area contributed by atoms with Crippen molar-refractivity contribution in [1.29, 1.82) is 0 Å². The molecule has 1 aromatic rings. The molecule has 1 aliphatic carbocycles. The van der Waals surface area contributed by atoms with Gasteiger partial charge in [-0.15, -0.1) is 0 Å². The normalized spacial score (nSPS) is 17.5. The number of ketones is 2. The zero-order chi connectivity index (χ0) is 11.5. The van der Waals surface area contributed by atoms with Gasteiger partial charge in [-0.3, -0.25) is 9.59 Å². The smallest absolute Gasteiger partial charge is 0.147 e. The number of Topliss-reactive ketones (excluding diaryl/α,β-unsaturated/α-hetero) is 2. The minimum atomic E-state index is -0.601. The first-order chi connectivity index (χ1) is 7.70. The first-order valence-electron chi connectivity index (χ1n) is 5.50. The number of hydrogen-bond acceptors (Lipinski definition) is 2. The van der Waals surface area contributed by atoms with E-state index in [1.165, 1.54) is 0 Å².